The SMILES string of the molecule is CCC1(C(=O)O)CCCN1C(=O)N1CCCC1C(C)C. The van der Waals surface area contributed by atoms with Gasteiger partial charge in [-0.05, 0) is 38.0 Å². The first-order valence-electron chi connectivity index (χ1n) is 7.75. The van der Waals surface area contributed by atoms with Crippen LogP contribution < -0.4 is 0 Å². The van der Waals surface area contributed by atoms with E-state index < -0.39 is 11.5 Å². The van der Waals surface area contributed by atoms with Crippen molar-refractivity contribution in [3.05, 3.63) is 0 Å². The number of aliphatic carboxylic acids is 1. The van der Waals surface area contributed by atoms with E-state index in [4.69, 9.17) is 0 Å². The smallest absolute Gasteiger partial charge is 0.329 e. The molecule has 1 N–H and O–H groups in total. The highest BCUT2D eigenvalue weighted by molar-refractivity contribution is 5.87. The molecule has 2 amide bonds. The molecule has 0 aromatic carbocycles. The van der Waals surface area contributed by atoms with Gasteiger partial charge in [0.05, 0.1) is 0 Å². The summed E-state index contributed by atoms with van der Waals surface area (Å²) in [5, 5.41) is 9.59. The van der Waals surface area contributed by atoms with Crippen LogP contribution in [-0.2, 0) is 4.79 Å². The predicted molar refractivity (Wildman–Crippen MR) is 76.6 cm³/mol. The number of carboxylic acid groups (broad SMARTS) is 1. The standard InChI is InChI=1S/C15H26N2O3/c1-4-15(13(18)19)8-6-10-17(15)14(20)16-9-5-7-12(16)11(2)3/h11-12H,4-10H2,1-3H3,(H,18,19). The summed E-state index contributed by atoms with van der Waals surface area (Å²) in [5.41, 5.74) is -0.985. The van der Waals surface area contributed by atoms with Crippen molar-refractivity contribution in [2.24, 2.45) is 5.92 Å². The van der Waals surface area contributed by atoms with Crippen LogP contribution in [0.1, 0.15) is 52.9 Å². The third-order valence-electron chi connectivity index (χ3n) is 5.02. The van der Waals surface area contributed by atoms with Crippen molar-refractivity contribution in [2.75, 3.05) is 13.1 Å². The third kappa shape index (κ3) is 2.27. The molecular weight excluding hydrogens is 256 g/mol. The number of likely N-dealkylation sites (tertiary alicyclic amines) is 2. The van der Waals surface area contributed by atoms with Gasteiger partial charge in [-0.15, -0.1) is 0 Å². The number of carboxylic acids is 1. The van der Waals surface area contributed by atoms with Crippen LogP contribution in [0.2, 0.25) is 0 Å². The van der Waals surface area contributed by atoms with Gasteiger partial charge in [-0.1, -0.05) is 20.8 Å². The van der Waals surface area contributed by atoms with Crippen LogP contribution in [-0.4, -0.2) is 51.6 Å². The van der Waals surface area contributed by atoms with Crippen molar-refractivity contribution in [1.82, 2.24) is 9.80 Å². The number of hydrogen-bond acceptors (Lipinski definition) is 2. The molecule has 0 radical (unpaired) electrons. The molecular formula is C15H26N2O3. The van der Waals surface area contributed by atoms with E-state index in [-0.39, 0.29) is 12.1 Å². The highest BCUT2D eigenvalue weighted by atomic mass is 16.4. The zero-order valence-electron chi connectivity index (χ0n) is 12.8. The molecule has 2 saturated heterocycles. The Balaban J connectivity index is 2.21. The van der Waals surface area contributed by atoms with Gasteiger partial charge in [-0.25, -0.2) is 9.59 Å². The Hall–Kier alpha value is -1.26. The molecule has 2 atom stereocenters. The van der Waals surface area contributed by atoms with Crippen LogP contribution in [0.15, 0.2) is 0 Å². The first-order chi connectivity index (χ1) is 9.44. The van der Waals surface area contributed by atoms with Gasteiger partial charge in [0.25, 0.3) is 0 Å². The van der Waals surface area contributed by atoms with Gasteiger partial charge in [-0.3, -0.25) is 0 Å². The van der Waals surface area contributed by atoms with E-state index in [9.17, 15) is 14.7 Å². The molecule has 2 unspecified atom stereocenters. The number of carbonyl (C=O) groups is 2. The number of urea groups is 1. The number of carbonyl (C=O) groups excluding carboxylic acids is 1. The number of amides is 2. The van der Waals surface area contributed by atoms with E-state index in [1.165, 1.54) is 0 Å². The van der Waals surface area contributed by atoms with Gasteiger partial charge >= 0.3 is 12.0 Å². The van der Waals surface area contributed by atoms with Gasteiger partial charge in [0.2, 0.25) is 0 Å². The fourth-order valence-corrected chi connectivity index (χ4v) is 3.78. The summed E-state index contributed by atoms with van der Waals surface area (Å²) in [6.45, 7) is 7.45. The lowest BCUT2D eigenvalue weighted by Crippen LogP contribution is -2.57. The number of nitrogens with zero attached hydrogens (tertiary/aromatic N) is 2. The second-order valence-electron chi connectivity index (χ2n) is 6.38. The number of hydrogen-bond donors (Lipinski definition) is 1. The van der Waals surface area contributed by atoms with E-state index in [2.05, 4.69) is 13.8 Å². The molecule has 0 aliphatic carbocycles. The Morgan fingerprint density at radius 2 is 2.00 bits per heavy atom. The zero-order valence-corrected chi connectivity index (χ0v) is 12.8. The molecule has 2 aliphatic heterocycles. The molecule has 5 heteroatoms. The molecule has 2 rings (SSSR count). The average molecular weight is 282 g/mol. The van der Waals surface area contributed by atoms with Gasteiger partial charge in [-0.2, -0.15) is 0 Å². The normalized spacial score (nSPS) is 30.3. The minimum absolute atomic E-state index is 0.0667. The van der Waals surface area contributed by atoms with Crippen LogP contribution in [0.5, 0.6) is 0 Å². The fraction of sp³-hybridized carbons (Fsp3) is 0.867. The molecule has 5 nitrogen and oxygen atoms in total. The van der Waals surface area contributed by atoms with E-state index in [0.29, 0.717) is 25.3 Å². The van der Waals surface area contributed by atoms with Crippen molar-refractivity contribution < 1.29 is 14.7 Å². The number of rotatable bonds is 3. The molecule has 2 heterocycles. The lowest BCUT2D eigenvalue weighted by Gasteiger charge is -2.39. The summed E-state index contributed by atoms with van der Waals surface area (Å²) < 4.78 is 0. The van der Waals surface area contributed by atoms with Crippen molar-refractivity contribution >= 4 is 12.0 Å². The Morgan fingerprint density at radius 3 is 2.55 bits per heavy atom. The summed E-state index contributed by atoms with van der Waals surface area (Å²) >= 11 is 0. The molecule has 0 saturated carbocycles. The molecule has 0 aromatic heterocycles. The molecule has 20 heavy (non-hydrogen) atoms. The minimum atomic E-state index is -0.985. The second kappa shape index (κ2) is 5.62. The van der Waals surface area contributed by atoms with E-state index in [1.54, 1.807) is 4.90 Å². The molecule has 114 valence electrons. The summed E-state index contributed by atoms with van der Waals surface area (Å²) in [4.78, 5) is 28.0. The Labute approximate surface area is 120 Å². The first kappa shape index (κ1) is 15.1. The van der Waals surface area contributed by atoms with E-state index >= 15 is 0 Å². The van der Waals surface area contributed by atoms with Crippen LogP contribution in [0.25, 0.3) is 0 Å². The van der Waals surface area contributed by atoms with Crippen LogP contribution >= 0.6 is 0 Å². The van der Waals surface area contributed by atoms with Crippen molar-refractivity contribution in [3.8, 4) is 0 Å². The van der Waals surface area contributed by atoms with Crippen molar-refractivity contribution in [1.29, 1.82) is 0 Å². The molecule has 0 spiro atoms. The lowest BCUT2D eigenvalue weighted by molar-refractivity contribution is -0.148. The quantitative estimate of drug-likeness (QED) is 0.865. The average Bonchev–Trinajstić information content (AvgIpc) is 3.04. The maximum Gasteiger partial charge on any atom is 0.329 e. The topological polar surface area (TPSA) is 60.9 Å². The maximum absolute atomic E-state index is 12.8. The molecule has 0 bridgehead atoms. The van der Waals surface area contributed by atoms with Gasteiger partial charge < -0.3 is 14.9 Å². The van der Waals surface area contributed by atoms with Crippen molar-refractivity contribution in [2.45, 2.75) is 64.5 Å². The van der Waals surface area contributed by atoms with Crippen molar-refractivity contribution in [3.63, 3.8) is 0 Å². The second-order valence-corrected chi connectivity index (χ2v) is 6.38. The molecule has 0 aromatic rings. The summed E-state index contributed by atoms with van der Waals surface area (Å²) in [7, 11) is 0. The van der Waals surface area contributed by atoms with Gasteiger partial charge in [0, 0.05) is 19.1 Å². The summed E-state index contributed by atoms with van der Waals surface area (Å²) in [6, 6.07) is 0.189. The monoisotopic (exact) mass is 282 g/mol. The Bertz CT molecular complexity index is 397. The molecule has 2 aliphatic rings. The van der Waals surface area contributed by atoms with Crippen LogP contribution in [0, 0.1) is 5.92 Å². The predicted octanol–water partition coefficient (Wildman–Crippen LogP) is 2.56. The maximum atomic E-state index is 12.8. The lowest BCUT2D eigenvalue weighted by atomic mass is 9.93. The van der Waals surface area contributed by atoms with E-state index in [1.807, 2.05) is 11.8 Å². The fourth-order valence-electron chi connectivity index (χ4n) is 3.78. The summed E-state index contributed by atoms with van der Waals surface area (Å²) in [6.07, 6.45) is 3.89. The first-order valence-corrected chi connectivity index (χ1v) is 7.75. The summed E-state index contributed by atoms with van der Waals surface area (Å²) in [5.74, 6) is -0.434. The highest BCUT2D eigenvalue weighted by Crippen LogP contribution is 2.35. The van der Waals surface area contributed by atoms with Gasteiger partial charge in [0.1, 0.15) is 5.54 Å². The largest absolute Gasteiger partial charge is 0.479 e. The highest BCUT2D eigenvalue weighted by Gasteiger charge is 2.50. The Morgan fingerprint density at radius 1 is 1.30 bits per heavy atom. The minimum Gasteiger partial charge on any atom is -0.479 e. The van der Waals surface area contributed by atoms with E-state index in [0.717, 1.165) is 25.8 Å². The Kier molecular flexibility index (Phi) is 4.25. The van der Waals surface area contributed by atoms with Crippen LogP contribution in [0.4, 0.5) is 4.79 Å². The zero-order chi connectivity index (χ0) is 14.9. The third-order valence-corrected chi connectivity index (χ3v) is 5.02. The molecule has 2 fully saturated rings. The van der Waals surface area contributed by atoms with Gasteiger partial charge in [0.15, 0.2) is 0 Å². The van der Waals surface area contributed by atoms with Crippen LogP contribution in [0.3, 0.4) is 0 Å².